The van der Waals surface area contributed by atoms with Gasteiger partial charge in [-0.1, -0.05) is 23.7 Å². The molecule has 1 aliphatic rings. The molecular weight excluding hydrogens is 289 g/mol. The Kier molecular flexibility index (Phi) is 4.94. The molecule has 0 aromatic heterocycles. The molecule has 112 valence electrons. The number of hydrogen-bond acceptors (Lipinski definition) is 2. The van der Waals surface area contributed by atoms with E-state index >= 15 is 0 Å². The fourth-order valence-electron chi connectivity index (χ4n) is 2.55. The zero-order chi connectivity index (χ0) is 14.8. The van der Waals surface area contributed by atoms with E-state index in [4.69, 9.17) is 17.3 Å². The first-order valence-electron chi connectivity index (χ1n) is 6.66. The number of piperidine rings is 1. The lowest BCUT2D eigenvalue weighted by atomic mass is 9.97. The summed E-state index contributed by atoms with van der Waals surface area (Å²) >= 11 is 6.15. The first kappa shape index (κ1) is 15.6. The van der Waals surface area contributed by atoms with Crippen LogP contribution in [0.4, 0.5) is 13.2 Å². The third kappa shape index (κ3) is 3.87. The number of rotatable bonds is 3. The smallest absolute Gasteiger partial charge is 0.326 e. The van der Waals surface area contributed by atoms with Crippen LogP contribution < -0.4 is 5.73 Å². The van der Waals surface area contributed by atoms with Gasteiger partial charge in [0.25, 0.3) is 0 Å². The van der Waals surface area contributed by atoms with E-state index in [-0.39, 0.29) is 13.0 Å². The van der Waals surface area contributed by atoms with Crippen molar-refractivity contribution < 1.29 is 13.2 Å². The van der Waals surface area contributed by atoms with E-state index in [1.54, 1.807) is 6.07 Å². The molecule has 0 bridgehead atoms. The summed E-state index contributed by atoms with van der Waals surface area (Å²) in [6, 6.07) is 5.50. The van der Waals surface area contributed by atoms with E-state index in [0.717, 1.165) is 11.1 Å². The van der Waals surface area contributed by atoms with Crippen LogP contribution in [0, 0.1) is 5.92 Å². The molecule has 1 heterocycles. The SMILES string of the molecule is NCc1ccc(CN2CCCC(C(F)(F)F)C2)c(Cl)c1. The van der Waals surface area contributed by atoms with Crippen LogP contribution in [0.5, 0.6) is 0 Å². The summed E-state index contributed by atoms with van der Waals surface area (Å²) < 4.78 is 38.3. The predicted molar refractivity (Wildman–Crippen MR) is 73.4 cm³/mol. The molecule has 2 N–H and O–H groups in total. The van der Waals surface area contributed by atoms with Crippen LogP contribution in [0.15, 0.2) is 18.2 Å². The van der Waals surface area contributed by atoms with Crippen molar-refractivity contribution in [2.45, 2.75) is 32.1 Å². The molecule has 1 aliphatic heterocycles. The summed E-state index contributed by atoms with van der Waals surface area (Å²) in [6.07, 6.45) is -3.31. The van der Waals surface area contributed by atoms with E-state index in [0.29, 0.717) is 31.1 Å². The first-order chi connectivity index (χ1) is 9.40. The lowest BCUT2D eigenvalue weighted by Crippen LogP contribution is -2.41. The lowest BCUT2D eigenvalue weighted by Gasteiger charge is -2.33. The third-order valence-corrected chi connectivity index (χ3v) is 4.07. The van der Waals surface area contributed by atoms with Gasteiger partial charge in [0.2, 0.25) is 0 Å². The largest absolute Gasteiger partial charge is 0.393 e. The molecule has 6 heteroatoms. The van der Waals surface area contributed by atoms with Gasteiger partial charge in [0.15, 0.2) is 0 Å². The number of benzene rings is 1. The molecular formula is C14H18ClF3N2. The highest BCUT2D eigenvalue weighted by Crippen LogP contribution is 2.34. The van der Waals surface area contributed by atoms with Crippen molar-refractivity contribution >= 4 is 11.6 Å². The fraction of sp³-hybridized carbons (Fsp3) is 0.571. The van der Waals surface area contributed by atoms with Crippen LogP contribution in [0.2, 0.25) is 5.02 Å². The summed E-state index contributed by atoms with van der Waals surface area (Å²) in [5, 5.41) is 0.571. The Labute approximate surface area is 121 Å². The highest BCUT2D eigenvalue weighted by Gasteiger charge is 2.41. The molecule has 1 aromatic carbocycles. The van der Waals surface area contributed by atoms with Crippen molar-refractivity contribution in [2.75, 3.05) is 13.1 Å². The van der Waals surface area contributed by atoms with Crippen LogP contribution in [0.25, 0.3) is 0 Å². The van der Waals surface area contributed by atoms with Crippen LogP contribution in [0.3, 0.4) is 0 Å². The first-order valence-corrected chi connectivity index (χ1v) is 7.04. The van der Waals surface area contributed by atoms with Gasteiger partial charge in [-0.3, -0.25) is 4.90 Å². The molecule has 2 rings (SSSR count). The summed E-state index contributed by atoms with van der Waals surface area (Å²) in [7, 11) is 0. The van der Waals surface area contributed by atoms with E-state index in [1.807, 2.05) is 17.0 Å². The summed E-state index contributed by atoms with van der Waals surface area (Å²) in [6.45, 7) is 1.59. The van der Waals surface area contributed by atoms with E-state index in [1.165, 1.54) is 0 Å². The minimum absolute atomic E-state index is 0.0540. The molecule has 1 atom stereocenters. The minimum Gasteiger partial charge on any atom is -0.326 e. The highest BCUT2D eigenvalue weighted by molar-refractivity contribution is 6.31. The molecule has 1 fully saturated rings. The van der Waals surface area contributed by atoms with Gasteiger partial charge >= 0.3 is 6.18 Å². The number of hydrogen-bond donors (Lipinski definition) is 1. The van der Waals surface area contributed by atoms with Gasteiger partial charge in [-0.2, -0.15) is 13.2 Å². The molecule has 0 amide bonds. The van der Waals surface area contributed by atoms with Crippen molar-refractivity contribution in [3.63, 3.8) is 0 Å². The average molecular weight is 307 g/mol. The predicted octanol–water partition coefficient (Wildman–Crippen LogP) is 3.57. The topological polar surface area (TPSA) is 29.3 Å². The average Bonchev–Trinajstić information content (AvgIpc) is 2.40. The van der Waals surface area contributed by atoms with Gasteiger partial charge in [0.1, 0.15) is 0 Å². The zero-order valence-electron chi connectivity index (χ0n) is 11.1. The standard InChI is InChI=1S/C14H18ClF3N2/c15-13-6-10(7-19)3-4-11(13)8-20-5-1-2-12(9-20)14(16,17)18/h3-4,6,12H,1-2,5,7-9,19H2. The molecule has 1 saturated heterocycles. The van der Waals surface area contributed by atoms with E-state index in [9.17, 15) is 13.2 Å². The molecule has 0 radical (unpaired) electrons. The molecule has 1 aromatic rings. The van der Waals surface area contributed by atoms with Crippen molar-refractivity contribution in [3.8, 4) is 0 Å². The summed E-state index contributed by atoms with van der Waals surface area (Å²) in [5.41, 5.74) is 7.30. The Morgan fingerprint density at radius 2 is 2.10 bits per heavy atom. The quantitative estimate of drug-likeness (QED) is 0.925. The van der Waals surface area contributed by atoms with Crippen LogP contribution in [-0.2, 0) is 13.1 Å². The highest BCUT2D eigenvalue weighted by atomic mass is 35.5. The van der Waals surface area contributed by atoms with Gasteiger partial charge in [-0.25, -0.2) is 0 Å². The number of likely N-dealkylation sites (tertiary alicyclic amines) is 1. The Morgan fingerprint density at radius 3 is 2.70 bits per heavy atom. The van der Waals surface area contributed by atoms with Crippen LogP contribution in [-0.4, -0.2) is 24.2 Å². The van der Waals surface area contributed by atoms with Gasteiger partial charge in [0.05, 0.1) is 5.92 Å². The zero-order valence-corrected chi connectivity index (χ0v) is 11.8. The molecule has 0 aliphatic carbocycles. The second kappa shape index (κ2) is 6.33. The monoisotopic (exact) mass is 306 g/mol. The molecule has 0 saturated carbocycles. The van der Waals surface area contributed by atoms with Gasteiger partial charge in [0, 0.05) is 24.7 Å². The maximum Gasteiger partial charge on any atom is 0.393 e. The van der Waals surface area contributed by atoms with Crippen LogP contribution >= 0.6 is 11.6 Å². The van der Waals surface area contributed by atoms with Crippen molar-refractivity contribution in [1.82, 2.24) is 4.90 Å². The lowest BCUT2D eigenvalue weighted by molar-refractivity contribution is -0.187. The molecule has 1 unspecified atom stereocenters. The Balaban J connectivity index is 2.03. The maximum atomic E-state index is 12.8. The van der Waals surface area contributed by atoms with Crippen LogP contribution in [0.1, 0.15) is 24.0 Å². The molecule has 2 nitrogen and oxygen atoms in total. The second-order valence-corrected chi connectivity index (χ2v) is 5.65. The maximum absolute atomic E-state index is 12.8. The van der Waals surface area contributed by atoms with E-state index in [2.05, 4.69) is 0 Å². The second-order valence-electron chi connectivity index (χ2n) is 5.25. The van der Waals surface area contributed by atoms with Gasteiger partial charge in [-0.05, 0) is 36.6 Å². The Morgan fingerprint density at radius 1 is 1.35 bits per heavy atom. The van der Waals surface area contributed by atoms with Crippen molar-refractivity contribution in [1.29, 1.82) is 0 Å². The summed E-state index contributed by atoms with van der Waals surface area (Å²) in [5.74, 6) is -1.22. The van der Waals surface area contributed by atoms with Gasteiger partial charge in [-0.15, -0.1) is 0 Å². The number of nitrogens with zero attached hydrogens (tertiary/aromatic N) is 1. The Hall–Kier alpha value is -0.780. The number of nitrogens with two attached hydrogens (primary N) is 1. The molecule has 20 heavy (non-hydrogen) atoms. The normalized spacial score (nSPS) is 21.1. The fourth-order valence-corrected chi connectivity index (χ4v) is 2.82. The summed E-state index contributed by atoms with van der Waals surface area (Å²) in [4.78, 5) is 1.82. The number of alkyl halides is 3. The Bertz CT molecular complexity index is 462. The van der Waals surface area contributed by atoms with Crippen molar-refractivity contribution in [2.24, 2.45) is 11.7 Å². The third-order valence-electron chi connectivity index (χ3n) is 3.72. The van der Waals surface area contributed by atoms with Gasteiger partial charge < -0.3 is 5.73 Å². The van der Waals surface area contributed by atoms with Crippen molar-refractivity contribution in [3.05, 3.63) is 34.3 Å². The molecule has 0 spiro atoms. The minimum atomic E-state index is -4.11. The number of halogens is 4. The van der Waals surface area contributed by atoms with E-state index < -0.39 is 12.1 Å².